The van der Waals surface area contributed by atoms with E-state index in [1.807, 2.05) is 0 Å². The Kier molecular flexibility index (Phi) is 26.5. The molecule has 0 aromatic carbocycles. The first-order valence-corrected chi connectivity index (χ1v) is 14.1. The van der Waals surface area contributed by atoms with Gasteiger partial charge < -0.3 is 5.11 Å². The molecular formula is C29H56O2. The Morgan fingerprint density at radius 1 is 0.484 bits per heavy atom. The lowest BCUT2D eigenvalue weighted by molar-refractivity contribution is -0.137. The number of allylic oxidation sites excluding steroid dienone is 2. The molecule has 0 spiro atoms. The molecule has 0 aromatic rings. The number of rotatable bonds is 26. The lowest BCUT2D eigenvalue weighted by Gasteiger charge is -2.03. The Morgan fingerprint density at radius 3 is 1.10 bits per heavy atom. The topological polar surface area (TPSA) is 37.3 Å². The van der Waals surface area contributed by atoms with Crippen LogP contribution in [-0.4, -0.2) is 11.1 Å². The average Bonchev–Trinajstić information content (AvgIpc) is 2.76. The van der Waals surface area contributed by atoms with E-state index >= 15 is 0 Å². The zero-order valence-corrected chi connectivity index (χ0v) is 21.2. The molecule has 0 fully saturated rings. The fourth-order valence-electron chi connectivity index (χ4n) is 4.29. The number of carbonyl (C=O) groups is 1. The number of hydrogen-bond donors (Lipinski definition) is 1. The summed E-state index contributed by atoms with van der Waals surface area (Å²) in [5.74, 6) is -0.663. The van der Waals surface area contributed by atoms with Crippen LogP contribution in [-0.2, 0) is 4.79 Å². The molecule has 0 atom stereocenters. The van der Waals surface area contributed by atoms with E-state index in [1.165, 1.54) is 128 Å². The smallest absolute Gasteiger partial charge is 0.303 e. The van der Waals surface area contributed by atoms with Gasteiger partial charge >= 0.3 is 5.97 Å². The summed E-state index contributed by atoms with van der Waals surface area (Å²) in [5.41, 5.74) is 0. The van der Waals surface area contributed by atoms with Gasteiger partial charge in [0.25, 0.3) is 0 Å². The molecule has 0 aromatic heterocycles. The van der Waals surface area contributed by atoms with E-state index in [4.69, 9.17) is 5.11 Å². The molecule has 0 unspecified atom stereocenters. The van der Waals surface area contributed by atoms with Crippen molar-refractivity contribution in [2.75, 3.05) is 0 Å². The van der Waals surface area contributed by atoms with E-state index in [0.717, 1.165) is 25.7 Å². The van der Waals surface area contributed by atoms with Crippen LogP contribution in [0.3, 0.4) is 0 Å². The summed E-state index contributed by atoms with van der Waals surface area (Å²) >= 11 is 0. The number of carboxylic acid groups (broad SMARTS) is 1. The predicted octanol–water partition coefficient (Wildman–Crippen LogP) is 10.4. The van der Waals surface area contributed by atoms with Crippen molar-refractivity contribution < 1.29 is 9.90 Å². The van der Waals surface area contributed by atoms with E-state index < -0.39 is 5.97 Å². The van der Waals surface area contributed by atoms with Crippen molar-refractivity contribution in [1.82, 2.24) is 0 Å². The second-order valence-electron chi connectivity index (χ2n) is 9.62. The molecule has 0 aliphatic heterocycles. The van der Waals surface area contributed by atoms with Gasteiger partial charge in [0.1, 0.15) is 0 Å². The summed E-state index contributed by atoms with van der Waals surface area (Å²) < 4.78 is 0. The van der Waals surface area contributed by atoms with E-state index in [-0.39, 0.29) is 0 Å². The Balaban J connectivity index is 3.07. The molecule has 0 saturated carbocycles. The Bertz CT molecular complexity index is 375. The molecule has 0 aliphatic rings. The average molecular weight is 437 g/mol. The second kappa shape index (κ2) is 27.2. The highest BCUT2D eigenvalue weighted by Crippen LogP contribution is 2.14. The molecule has 0 amide bonds. The number of carboxylic acids is 1. The van der Waals surface area contributed by atoms with Gasteiger partial charge in [0, 0.05) is 6.42 Å². The predicted molar refractivity (Wildman–Crippen MR) is 138 cm³/mol. The minimum Gasteiger partial charge on any atom is -0.481 e. The van der Waals surface area contributed by atoms with E-state index in [9.17, 15) is 4.79 Å². The maximum Gasteiger partial charge on any atom is 0.303 e. The van der Waals surface area contributed by atoms with Crippen LogP contribution in [0.25, 0.3) is 0 Å². The van der Waals surface area contributed by atoms with Crippen molar-refractivity contribution in [1.29, 1.82) is 0 Å². The first-order chi connectivity index (χ1) is 15.3. The third-order valence-corrected chi connectivity index (χ3v) is 6.40. The molecule has 0 radical (unpaired) electrons. The van der Waals surface area contributed by atoms with Crippen molar-refractivity contribution >= 4 is 5.97 Å². The van der Waals surface area contributed by atoms with Crippen LogP contribution in [0.1, 0.15) is 167 Å². The molecular weight excluding hydrogens is 380 g/mol. The zero-order valence-electron chi connectivity index (χ0n) is 21.2. The normalized spacial score (nSPS) is 11.5. The first-order valence-electron chi connectivity index (χ1n) is 14.1. The van der Waals surface area contributed by atoms with Crippen molar-refractivity contribution in [2.24, 2.45) is 0 Å². The maximum absolute atomic E-state index is 10.4. The molecule has 0 saturated heterocycles. The monoisotopic (exact) mass is 436 g/mol. The molecule has 184 valence electrons. The van der Waals surface area contributed by atoms with E-state index in [1.54, 1.807) is 0 Å². The second-order valence-corrected chi connectivity index (χ2v) is 9.62. The lowest BCUT2D eigenvalue weighted by Crippen LogP contribution is -1.93. The number of aliphatic carboxylic acids is 1. The van der Waals surface area contributed by atoms with Crippen molar-refractivity contribution in [3.05, 3.63) is 12.2 Å². The van der Waals surface area contributed by atoms with Crippen LogP contribution in [0.4, 0.5) is 0 Å². The molecule has 31 heavy (non-hydrogen) atoms. The van der Waals surface area contributed by atoms with Gasteiger partial charge in [-0.2, -0.15) is 0 Å². The summed E-state index contributed by atoms with van der Waals surface area (Å²) in [7, 11) is 0. The number of hydrogen-bond acceptors (Lipinski definition) is 1. The lowest BCUT2D eigenvalue weighted by atomic mass is 10.0. The maximum atomic E-state index is 10.4. The molecule has 1 N–H and O–H groups in total. The third-order valence-electron chi connectivity index (χ3n) is 6.40. The van der Waals surface area contributed by atoms with Crippen molar-refractivity contribution in [3.8, 4) is 0 Å². The standard InChI is InChI=1S/C29H56O2/c1-2-3-4-5-6-7-8-9-10-11-12-13-14-15-16-17-18-19-20-21-22-23-24-25-26-27-28-29(30)31/h21-22H,2-20,23-28H2,1H3,(H,30,31). The first kappa shape index (κ1) is 30.2. The summed E-state index contributed by atoms with van der Waals surface area (Å²) in [4.78, 5) is 10.4. The quantitative estimate of drug-likeness (QED) is 0.108. The molecule has 2 heteroatoms. The summed E-state index contributed by atoms with van der Waals surface area (Å²) in [6.07, 6.45) is 37.5. The zero-order chi connectivity index (χ0) is 22.7. The Morgan fingerprint density at radius 2 is 0.774 bits per heavy atom. The van der Waals surface area contributed by atoms with E-state index in [0.29, 0.717) is 6.42 Å². The Labute approximate surface area is 195 Å². The summed E-state index contributed by atoms with van der Waals surface area (Å²) in [6.45, 7) is 2.29. The van der Waals surface area contributed by atoms with Crippen molar-refractivity contribution in [2.45, 2.75) is 167 Å². The van der Waals surface area contributed by atoms with Gasteiger partial charge in [-0.3, -0.25) is 4.79 Å². The van der Waals surface area contributed by atoms with Crippen molar-refractivity contribution in [3.63, 3.8) is 0 Å². The largest absolute Gasteiger partial charge is 0.481 e. The molecule has 0 bridgehead atoms. The summed E-state index contributed by atoms with van der Waals surface area (Å²) in [6, 6.07) is 0. The van der Waals surface area contributed by atoms with Crippen LogP contribution < -0.4 is 0 Å². The SMILES string of the molecule is CCCCCCCCCCCCCCCCCCCCC=CCCCCCCC(=O)O. The van der Waals surface area contributed by atoms with E-state index in [2.05, 4.69) is 19.1 Å². The van der Waals surface area contributed by atoms with Gasteiger partial charge in [0.15, 0.2) is 0 Å². The third kappa shape index (κ3) is 29.2. The van der Waals surface area contributed by atoms with Crippen LogP contribution in [0.15, 0.2) is 12.2 Å². The minimum absolute atomic E-state index is 0.329. The van der Waals surface area contributed by atoms with Gasteiger partial charge in [0.05, 0.1) is 0 Å². The van der Waals surface area contributed by atoms with Gasteiger partial charge in [-0.1, -0.05) is 141 Å². The molecule has 0 aliphatic carbocycles. The fraction of sp³-hybridized carbons (Fsp3) is 0.897. The van der Waals surface area contributed by atoms with Gasteiger partial charge in [-0.25, -0.2) is 0 Å². The van der Waals surface area contributed by atoms with Gasteiger partial charge in [-0.15, -0.1) is 0 Å². The highest BCUT2D eigenvalue weighted by Gasteiger charge is 1.96. The Hall–Kier alpha value is -0.790. The highest BCUT2D eigenvalue weighted by molar-refractivity contribution is 5.66. The molecule has 0 rings (SSSR count). The minimum atomic E-state index is -0.663. The van der Waals surface area contributed by atoms with Gasteiger partial charge in [0.2, 0.25) is 0 Å². The van der Waals surface area contributed by atoms with Crippen LogP contribution in [0.5, 0.6) is 0 Å². The molecule has 0 heterocycles. The van der Waals surface area contributed by atoms with Crippen LogP contribution in [0.2, 0.25) is 0 Å². The number of unbranched alkanes of at least 4 members (excludes halogenated alkanes) is 22. The van der Waals surface area contributed by atoms with Gasteiger partial charge in [-0.05, 0) is 32.1 Å². The summed E-state index contributed by atoms with van der Waals surface area (Å²) in [5, 5.41) is 8.59. The fourth-order valence-corrected chi connectivity index (χ4v) is 4.29. The van der Waals surface area contributed by atoms with Crippen LogP contribution >= 0.6 is 0 Å². The highest BCUT2D eigenvalue weighted by atomic mass is 16.4. The van der Waals surface area contributed by atoms with Crippen LogP contribution in [0, 0.1) is 0 Å². The molecule has 2 nitrogen and oxygen atoms in total.